The van der Waals surface area contributed by atoms with Crippen molar-refractivity contribution >= 4 is 11.5 Å². The molecule has 0 atom stereocenters. The third-order valence-corrected chi connectivity index (χ3v) is 3.28. The third kappa shape index (κ3) is 3.68. The molecule has 19 heavy (non-hydrogen) atoms. The van der Waals surface area contributed by atoms with Crippen molar-refractivity contribution < 1.29 is 4.79 Å². The molecule has 2 aromatic carbocycles. The minimum Gasteiger partial charge on any atom is -0.385 e. The van der Waals surface area contributed by atoms with Crippen molar-refractivity contribution in [1.29, 1.82) is 0 Å². The molecule has 0 saturated heterocycles. The highest BCUT2D eigenvalue weighted by Gasteiger charge is 2.04. The van der Waals surface area contributed by atoms with E-state index in [-0.39, 0.29) is 5.78 Å². The van der Waals surface area contributed by atoms with E-state index in [1.807, 2.05) is 30.3 Å². The molecule has 0 bridgehead atoms. The summed E-state index contributed by atoms with van der Waals surface area (Å²) in [7, 11) is 0. The monoisotopic (exact) mass is 253 g/mol. The lowest BCUT2D eigenvalue weighted by molar-refractivity contribution is 0.0986. The van der Waals surface area contributed by atoms with E-state index in [4.69, 9.17) is 0 Å². The minimum atomic E-state index is 0.178. The van der Waals surface area contributed by atoms with Crippen molar-refractivity contribution in [3.05, 3.63) is 65.2 Å². The van der Waals surface area contributed by atoms with Crippen LogP contribution in [0.2, 0.25) is 0 Å². The molecule has 2 nitrogen and oxygen atoms in total. The highest BCUT2D eigenvalue weighted by atomic mass is 16.1. The van der Waals surface area contributed by atoms with E-state index in [2.05, 4.69) is 37.4 Å². The zero-order valence-corrected chi connectivity index (χ0v) is 11.4. The van der Waals surface area contributed by atoms with Crippen molar-refractivity contribution in [1.82, 2.24) is 0 Å². The Morgan fingerprint density at radius 3 is 2.42 bits per heavy atom. The highest BCUT2D eigenvalue weighted by molar-refractivity contribution is 5.96. The van der Waals surface area contributed by atoms with Gasteiger partial charge in [-0.1, -0.05) is 36.4 Å². The summed E-state index contributed by atoms with van der Waals surface area (Å²) in [5.41, 5.74) is 4.40. The molecule has 0 fully saturated rings. The van der Waals surface area contributed by atoms with Gasteiger partial charge in [0.15, 0.2) is 5.78 Å². The van der Waals surface area contributed by atoms with E-state index in [0.29, 0.717) is 13.0 Å². The minimum absolute atomic E-state index is 0.178. The Kier molecular flexibility index (Phi) is 4.35. The molecule has 2 heteroatoms. The fourth-order valence-electron chi connectivity index (χ4n) is 1.94. The second-order valence-electron chi connectivity index (χ2n) is 4.77. The van der Waals surface area contributed by atoms with Crippen LogP contribution in [0.15, 0.2) is 48.5 Å². The topological polar surface area (TPSA) is 29.1 Å². The summed E-state index contributed by atoms with van der Waals surface area (Å²) in [6.45, 7) is 4.85. The molecule has 0 aliphatic heterocycles. The molecule has 0 aromatic heterocycles. The van der Waals surface area contributed by atoms with Crippen molar-refractivity contribution in [2.45, 2.75) is 20.3 Å². The molecular weight excluding hydrogens is 234 g/mol. The summed E-state index contributed by atoms with van der Waals surface area (Å²) in [4.78, 5) is 11.9. The normalized spacial score (nSPS) is 10.2. The zero-order chi connectivity index (χ0) is 13.7. The first kappa shape index (κ1) is 13.3. The van der Waals surface area contributed by atoms with Gasteiger partial charge in [-0.25, -0.2) is 0 Å². The van der Waals surface area contributed by atoms with Gasteiger partial charge in [0.2, 0.25) is 0 Å². The molecule has 0 saturated carbocycles. The number of nitrogens with one attached hydrogen (secondary N) is 1. The summed E-state index contributed by atoms with van der Waals surface area (Å²) >= 11 is 0. The molecule has 0 radical (unpaired) electrons. The number of hydrogen-bond acceptors (Lipinski definition) is 2. The Bertz CT molecular complexity index is 561. The van der Waals surface area contributed by atoms with Crippen LogP contribution in [-0.2, 0) is 0 Å². The van der Waals surface area contributed by atoms with Gasteiger partial charge in [-0.3, -0.25) is 4.79 Å². The van der Waals surface area contributed by atoms with Crippen LogP contribution < -0.4 is 5.32 Å². The Morgan fingerprint density at radius 1 is 1.00 bits per heavy atom. The van der Waals surface area contributed by atoms with Crippen molar-refractivity contribution in [3.8, 4) is 0 Å². The molecular formula is C17H19NO. The van der Waals surface area contributed by atoms with Crippen LogP contribution in [0.25, 0.3) is 0 Å². The summed E-state index contributed by atoms with van der Waals surface area (Å²) in [6.07, 6.45) is 0.511. The maximum Gasteiger partial charge on any atom is 0.164 e. The van der Waals surface area contributed by atoms with Gasteiger partial charge in [0, 0.05) is 24.2 Å². The number of aryl methyl sites for hydroxylation is 2. The van der Waals surface area contributed by atoms with E-state index in [9.17, 15) is 4.79 Å². The van der Waals surface area contributed by atoms with Gasteiger partial charge in [0.05, 0.1) is 0 Å². The van der Waals surface area contributed by atoms with Crippen LogP contribution in [0, 0.1) is 13.8 Å². The number of anilines is 1. The summed E-state index contributed by atoms with van der Waals surface area (Å²) in [5, 5.41) is 3.29. The molecule has 2 rings (SSSR count). The first-order valence-electron chi connectivity index (χ1n) is 6.56. The predicted octanol–water partition coefficient (Wildman–Crippen LogP) is 3.99. The first-order valence-corrected chi connectivity index (χ1v) is 6.56. The average Bonchev–Trinajstić information content (AvgIpc) is 2.43. The van der Waals surface area contributed by atoms with E-state index in [0.717, 1.165) is 11.3 Å². The van der Waals surface area contributed by atoms with Gasteiger partial charge in [0.1, 0.15) is 0 Å². The highest BCUT2D eigenvalue weighted by Crippen LogP contribution is 2.14. The Morgan fingerprint density at radius 2 is 1.74 bits per heavy atom. The lowest BCUT2D eigenvalue weighted by Crippen LogP contribution is -2.08. The standard InChI is InChI=1S/C17H19NO/c1-13-8-9-16(12-14(13)2)18-11-10-17(19)15-6-4-3-5-7-15/h3-9,12,18H,10-11H2,1-2H3. The number of Topliss-reactive ketones (excluding diaryl/α,β-unsaturated/α-hetero) is 1. The van der Waals surface area contributed by atoms with Gasteiger partial charge < -0.3 is 5.32 Å². The zero-order valence-electron chi connectivity index (χ0n) is 11.4. The molecule has 0 amide bonds. The van der Waals surface area contributed by atoms with E-state index in [1.54, 1.807) is 0 Å². The fraction of sp³-hybridized carbons (Fsp3) is 0.235. The van der Waals surface area contributed by atoms with Crippen LogP contribution >= 0.6 is 0 Å². The van der Waals surface area contributed by atoms with Crippen LogP contribution in [-0.4, -0.2) is 12.3 Å². The molecule has 98 valence electrons. The smallest absolute Gasteiger partial charge is 0.164 e. The van der Waals surface area contributed by atoms with Crippen LogP contribution in [0.3, 0.4) is 0 Å². The van der Waals surface area contributed by atoms with E-state index in [1.165, 1.54) is 11.1 Å². The van der Waals surface area contributed by atoms with E-state index >= 15 is 0 Å². The third-order valence-electron chi connectivity index (χ3n) is 3.28. The summed E-state index contributed by atoms with van der Waals surface area (Å²) in [5.74, 6) is 0.178. The number of rotatable bonds is 5. The maximum atomic E-state index is 11.9. The van der Waals surface area contributed by atoms with Gasteiger partial charge in [-0.15, -0.1) is 0 Å². The molecule has 2 aromatic rings. The summed E-state index contributed by atoms with van der Waals surface area (Å²) < 4.78 is 0. The second kappa shape index (κ2) is 6.19. The average molecular weight is 253 g/mol. The van der Waals surface area contributed by atoms with Crippen molar-refractivity contribution in [2.75, 3.05) is 11.9 Å². The van der Waals surface area contributed by atoms with Crippen molar-refractivity contribution in [2.24, 2.45) is 0 Å². The maximum absolute atomic E-state index is 11.9. The number of carbonyl (C=O) groups excluding carboxylic acids is 1. The number of ketones is 1. The molecule has 0 unspecified atom stereocenters. The van der Waals surface area contributed by atoms with Crippen molar-refractivity contribution in [3.63, 3.8) is 0 Å². The number of hydrogen-bond donors (Lipinski definition) is 1. The predicted molar refractivity (Wildman–Crippen MR) is 79.8 cm³/mol. The SMILES string of the molecule is Cc1ccc(NCCC(=O)c2ccccc2)cc1C. The Hall–Kier alpha value is -2.09. The molecule has 0 spiro atoms. The molecule has 0 heterocycles. The van der Waals surface area contributed by atoms with Gasteiger partial charge in [-0.05, 0) is 37.1 Å². The van der Waals surface area contributed by atoms with E-state index < -0.39 is 0 Å². The summed E-state index contributed by atoms with van der Waals surface area (Å²) in [6, 6.07) is 15.7. The Balaban J connectivity index is 1.87. The largest absolute Gasteiger partial charge is 0.385 e. The second-order valence-corrected chi connectivity index (χ2v) is 4.77. The Labute approximate surface area is 114 Å². The number of carbonyl (C=O) groups is 1. The molecule has 0 aliphatic rings. The molecule has 0 aliphatic carbocycles. The lowest BCUT2D eigenvalue weighted by Gasteiger charge is -2.08. The van der Waals surface area contributed by atoms with Crippen LogP contribution in [0.4, 0.5) is 5.69 Å². The van der Waals surface area contributed by atoms with Crippen LogP contribution in [0.1, 0.15) is 27.9 Å². The van der Waals surface area contributed by atoms with Gasteiger partial charge in [-0.2, -0.15) is 0 Å². The van der Waals surface area contributed by atoms with Crippen LogP contribution in [0.5, 0.6) is 0 Å². The van der Waals surface area contributed by atoms with Gasteiger partial charge >= 0.3 is 0 Å². The number of benzene rings is 2. The molecule has 1 N–H and O–H groups in total. The fourth-order valence-corrected chi connectivity index (χ4v) is 1.94. The lowest BCUT2D eigenvalue weighted by atomic mass is 10.1. The van der Waals surface area contributed by atoms with Gasteiger partial charge in [0.25, 0.3) is 0 Å². The quantitative estimate of drug-likeness (QED) is 0.816. The first-order chi connectivity index (χ1) is 9.16.